The highest BCUT2D eigenvalue weighted by Gasteiger charge is 2.19. The summed E-state index contributed by atoms with van der Waals surface area (Å²) in [5.41, 5.74) is 2.70. The van der Waals surface area contributed by atoms with Crippen LogP contribution in [0, 0.1) is 6.92 Å². The third-order valence-corrected chi connectivity index (χ3v) is 3.77. The first-order valence-corrected chi connectivity index (χ1v) is 7.29. The van der Waals surface area contributed by atoms with E-state index in [0.29, 0.717) is 32.6 Å². The van der Waals surface area contributed by atoms with Crippen LogP contribution >= 0.6 is 23.2 Å². The first kappa shape index (κ1) is 14.8. The maximum atomic E-state index is 12.4. The summed E-state index contributed by atoms with van der Waals surface area (Å²) in [6.45, 7) is 1.82. The van der Waals surface area contributed by atoms with Gasteiger partial charge in [-0.05, 0) is 18.6 Å². The van der Waals surface area contributed by atoms with E-state index in [1.54, 1.807) is 6.07 Å². The van der Waals surface area contributed by atoms with Gasteiger partial charge in [0, 0.05) is 11.8 Å². The van der Waals surface area contributed by atoms with Crippen LogP contribution in [-0.2, 0) is 0 Å². The van der Waals surface area contributed by atoms with Crippen LogP contribution in [0.15, 0.2) is 47.4 Å². The number of H-pyrrole nitrogens is 1. The third kappa shape index (κ3) is 2.63. The van der Waals surface area contributed by atoms with Crippen molar-refractivity contribution in [3.05, 3.63) is 68.7 Å². The molecular formula is C16H11Cl2N3O. The van der Waals surface area contributed by atoms with Gasteiger partial charge in [-0.2, -0.15) is 5.10 Å². The van der Waals surface area contributed by atoms with Crippen molar-refractivity contribution < 1.29 is 0 Å². The van der Waals surface area contributed by atoms with Crippen LogP contribution < -0.4 is 5.56 Å². The van der Waals surface area contributed by atoms with E-state index >= 15 is 0 Å². The molecule has 0 radical (unpaired) electrons. The highest BCUT2D eigenvalue weighted by atomic mass is 35.5. The molecule has 0 aliphatic heterocycles. The second-order valence-electron chi connectivity index (χ2n) is 4.74. The smallest absolute Gasteiger partial charge is 0.267 e. The maximum Gasteiger partial charge on any atom is 0.274 e. The maximum absolute atomic E-state index is 12.4. The van der Waals surface area contributed by atoms with Crippen LogP contribution in [0.4, 0.5) is 0 Å². The van der Waals surface area contributed by atoms with Crippen molar-refractivity contribution in [2.24, 2.45) is 0 Å². The molecule has 0 aliphatic carbocycles. The van der Waals surface area contributed by atoms with Gasteiger partial charge in [-0.15, -0.1) is 0 Å². The summed E-state index contributed by atoms with van der Waals surface area (Å²) in [5.74, 6) is 0. The zero-order valence-electron chi connectivity index (χ0n) is 11.6. The summed E-state index contributed by atoms with van der Waals surface area (Å²) in [7, 11) is 0. The minimum Gasteiger partial charge on any atom is -0.267 e. The molecule has 6 heteroatoms. The zero-order valence-corrected chi connectivity index (χ0v) is 13.1. The Morgan fingerprint density at radius 3 is 2.50 bits per heavy atom. The van der Waals surface area contributed by atoms with Crippen molar-refractivity contribution in [1.29, 1.82) is 0 Å². The Kier molecular flexibility index (Phi) is 3.96. The van der Waals surface area contributed by atoms with E-state index < -0.39 is 0 Å². The van der Waals surface area contributed by atoms with E-state index in [9.17, 15) is 4.79 Å². The van der Waals surface area contributed by atoms with E-state index in [2.05, 4.69) is 15.2 Å². The monoisotopic (exact) mass is 331 g/mol. The highest BCUT2D eigenvalue weighted by molar-refractivity contribution is 6.36. The second kappa shape index (κ2) is 5.91. The molecule has 3 aromatic rings. The number of aryl methyl sites for hydroxylation is 1. The van der Waals surface area contributed by atoms with Crippen LogP contribution in [0.2, 0.25) is 10.0 Å². The summed E-state index contributed by atoms with van der Waals surface area (Å²) < 4.78 is 0. The fourth-order valence-corrected chi connectivity index (χ4v) is 2.80. The van der Waals surface area contributed by atoms with E-state index in [0.717, 1.165) is 5.56 Å². The Morgan fingerprint density at radius 2 is 1.82 bits per heavy atom. The van der Waals surface area contributed by atoms with Gasteiger partial charge in [-0.25, -0.2) is 5.10 Å². The molecule has 2 aromatic heterocycles. The van der Waals surface area contributed by atoms with Gasteiger partial charge < -0.3 is 0 Å². The number of hydrogen-bond donors (Lipinski definition) is 1. The molecule has 2 heterocycles. The lowest BCUT2D eigenvalue weighted by Crippen LogP contribution is -2.15. The second-order valence-corrected chi connectivity index (χ2v) is 5.58. The van der Waals surface area contributed by atoms with Crippen molar-refractivity contribution >= 4 is 23.2 Å². The molecular weight excluding hydrogens is 321 g/mol. The van der Waals surface area contributed by atoms with Gasteiger partial charge in [0.15, 0.2) is 0 Å². The molecule has 1 N–H and O–H groups in total. The molecule has 110 valence electrons. The predicted molar refractivity (Wildman–Crippen MR) is 88.3 cm³/mol. The summed E-state index contributed by atoms with van der Waals surface area (Å²) >= 11 is 12.1. The van der Waals surface area contributed by atoms with Gasteiger partial charge in [0.1, 0.15) is 0 Å². The molecule has 0 bridgehead atoms. The van der Waals surface area contributed by atoms with Crippen LogP contribution in [0.3, 0.4) is 0 Å². The number of nitrogens with one attached hydrogen (secondary N) is 1. The average Bonchev–Trinajstić information content (AvgIpc) is 2.51. The first-order valence-electron chi connectivity index (χ1n) is 6.54. The standard InChI is InChI=1S/C16H11Cl2N3O/c1-9-13(10-5-3-2-4-6-10)14(16(22)21-20-9)15-12(18)7-11(17)8-19-15/h2-8H,1H3,(H,21,22). The van der Waals surface area contributed by atoms with E-state index in [4.69, 9.17) is 23.2 Å². The molecule has 1 aromatic carbocycles. The number of rotatable bonds is 2. The number of nitrogens with zero attached hydrogens (tertiary/aromatic N) is 2. The largest absolute Gasteiger partial charge is 0.274 e. The minimum absolute atomic E-state index is 0.320. The predicted octanol–water partition coefficient (Wildman–Crippen LogP) is 4.11. The van der Waals surface area contributed by atoms with Crippen LogP contribution in [0.5, 0.6) is 0 Å². The van der Waals surface area contributed by atoms with Crippen LogP contribution in [0.25, 0.3) is 22.4 Å². The first-order chi connectivity index (χ1) is 10.6. The molecule has 0 atom stereocenters. The van der Waals surface area contributed by atoms with Gasteiger partial charge in [-0.3, -0.25) is 9.78 Å². The summed E-state index contributed by atoms with van der Waals surface area (Å²) in [4.78, 5) is 16.6. The fraction of sp³-hybridized carbons (Fsp3) is 0.0625. The van der Waals surface area contributed by atoms with E-state index in [1.165, 1.54) is 6.20 Å². The van der Waals surface area contributed by atoms with Gasteiger partial charge in [-0.1, -0.05) is 53.5 Å². The minimum atomic E-state index is -0.346. The van der Waals surface area contributed by atoms with E-state index in [1.807, 2.05) is 37.3 Å². The molecule has 0 fully saturated rings. The summed E-state index contributed by atoms with van der Waals surface area (Å²) in [5, 5.41) is 7.27. The summed E-state index contributed by atoms with van der Waals surface area (Å²) in [6, 6.07) is 11.1. The number of aromatic amines is 1. The quantitative estimate of drug-likeness (QED) is 0.768. The molecule has 0 aliphatic rings. The van der Waals surface area contributed by atoms with E-state index in [-0.39, 0.29) is 5.56 Å². The number of pyridine rings is 1. The Labute approximate surface area is 136 Å². The number of halogens is 2. The van der Waals surface area contributed by atoms with Gasteiger partial charge in [0.05, 0.1) is 27.0 Å². The topological polar surface area (TPSA) is 58.6 Å². The van der Waals surface area contributed by atoms with Crippen LogP contribution in [0.1, 0.15) is 5.69 Å². The Hall–Kier alpha value is -2.17. The van der Waals surface area contributed by atoms with Crippen molar-refractivity contribution in [3.8, 4) is 22.4 Å². The Morgan fingerprint density at radius 1 is 1.09 bits per heavy atom. The highest BCUT2D eigenvalue weighted by Crippen LogP contribution is 2.34. The van der Waals surface area contributed by atoms with Crippen molar-refractivity contribution in [1.82, 2.24) is 15.2 Å². The Balaban J connectivity index is 2.37. The molecule has 0 amide bonds. The number of aromatic nitrogens is 3. The SMILES string of the molecule is Cc1n[nH]c(=O)c(-c2ncc(Cl)cc2Cl)c1-c1ccccc1. The van der Waals surface area contributed by atoms with Crippen molar-refractivity contribution in [2.45, 2.75) is 6.92 Å². The third-order valence-electron chi connectivity index (χ3n) is 3.27. The zero-order chi connectivity index (χ0) is 15.7. The normalized spacial score (nSPS) is 10.7. The molecule has 22 heavy (non-hydrogen) atoms. The van der Waals surface area contributed by atoms with Gasteiger partial charge in [0.2, 0.25) is 0 Å². The van der Waals surface area contributed by atoms with Crippen molar-refractivity contribution in [3.63, 3.8) is 0 Å². The lowest BCUT2D eigenvalue weighted by molar-refractivity contribution is 0.950. The molecule has 0 unspecified atom stereocenters. The lowest BCUT2D eigenvalue weighted by atomic mass is 9.97. The van der Waals surface area contributed by atoms with Crippen LogP contribution in [-0.4, -0.2) is 15.2 Å². The number of benzene rings is 1. The molecule has 0 saturated heterocycles. The molecule has 0 saturated carbocycles. The van der Waals surface area contributed by atoms with Crippen molar-refractivity contribution in [2.75, 3.05) is 0 Å². The fourth-order valence-electron chi connectivity index (χ4n) is 2.32. The van der Waals surface area contributed by atoms with Gasteiger partial charge in [0.25, 0.3) is 5.56 Å². The number of hydrogen-bond acceptors (Lipinski definition) is 3. The molecule has 3 rings (SSSR count). The summed E-state index contributed by atoms with van der Waals surface area (Å²) in [6.07, 6.45) is 1.47. The molecule has 4 nitrogen and oxygen atoms in total. The average molecular weight is 332 g/mol. The lowest BCUT2D eigenvalue weighted by Gasteiger charge is -2.12. The van der Waals surface area contributed by atoms with Gasteiger partial charge >= 0.3 is 0 Å². The Bertz CT molecular complexity index is 892. The molecule has 0 spiro atoms.